The van der Waals surface area contributed by atoms with Crippen molar-refractivity contribution < 1.29 is 4.79 Å². The number of hydrogen-bond acceptors (Lipinski definition) is 5. The molecule has 0 spiro atoms. The van der Waals surface area contributed by atoms with Gasteiger partial charge in [-0.25, -0.2) is 9.97 Å². The second-order valence-corrected chi connectivity index (χ2v) is 7.40. The number of aromatic nitrogens is 4. The second-order valence-electron chi connectivity index (χ2n) is 6.48. The molecule has 2 N–H and O–H groups in total. The van der Waals surface area contributed by atoms with Crippen LogP contribution in [0.15, 0.2) is 41.4 Å². The number of fused-ring (bicyclic) bond motifs is 1. The van der Waals surface area contributed by atoms with Gasteiger partial charge < -0.3 is 10.6 Å². The van der Waals surface area contributed by atoms with Crippen molar-refractivity contribution >= 4 is 44.2 Å². The molecule has 0 atom stereocenters. The van der Waals surface area contributed by atoms with Crippen LogP contribution in [0.3, 0.4) is 0 Å². The maximum absolute atomic E-state index is 12.1. The minimum atomic E-state index is 0.00275. The van der Waals surface area contributed by atoms with Crippen molar-refractivity contribution in [2.75, 3.05) is 5.32 Å². The van der Waals surface area contributed by atoms with Crippen LogP contribution in [0.1, 0.15) is 25.7 Å². The van der Waals surface area contributed by atoms with E-state index in [0.717, 1.165) is 33.9 Å². The summed E-state index contributed by atoms with van der Waals surface area (Å²) in [5.41, 5.74) is 1.63. The van der Waals surface area contributed by atoms with Gasteiger partial charge in [-0.2, -0.15) is 5.10 Å². The molecule has 1 aliphatic rings. The lowest BCUT2D eigenvalue weighted by Crippen LogP contribution is -2.35. The first-order valence-electron chi connectivity index (χ1n) is 8.66. The highest BCUT2D eigenvalue weighted by Crippen LogP contribution is 2.25. The monoisotopic (exact) mass is 414 g/mol. The maximum atomic E-state index is 12.1. The van der Waals surface area contributed by atoms with E-state index in [0.29, 0.717) is 11.9 Å². The number of rotatable bonds is 5. The minimum absolute atomic E-state index is 0.00275. The van der Waals surface area contributed by atoms with Crippen molar-refractivity contribution in [2.45, 2.75) is 38.3 Å². The van der Waals surface area contributed by atoms with Crippen LogP contribution in [0, 0.1) is 0 Å². The highest BCUT2D eigenvalue weighted by atomic mass is 79.9. The molecule has 0 unspecified atom stereocenters. The van der Waals surface area contributed by atoms with Crippen LogP contribution >= 0.6 is 15.9 Å². The Balaban J connectivity index is 1.45. The van der Waals surface area contributed by atoms with E-state index in [4.69, 9.17) is 0 Å². The van der Waals surface area contributed by atoms with Gasteiger partial charge in [-0.1, -0.05) is 28.8 Å². The Morgan fingerprint density at radius 2 is 2.12 bits per heavy atom. The fourth-order valence-corrected chi connectivity index (χ4v) is 3.63. The molecule has 2 aromatic heterocycles. The lowest BCUT2D eigenvalue weighted by molar-refractivity contribution is -0.122. The Kier molecular flexibility index (Phi) is 4.83. The highest BCUT2D eigenvalue weighted by Gasteiger charge is 2.17. The third kappa shape index (κ3) is 3.85. The summed E-state index contributed by atoms with van der Waals surface area (Å²) in [6, 6.07) is 6.17. The number of benzene rings is 1. The van der Waals surface area contributed by atoms with Crippen LogP contribution in [-0.4, -0.2) is 31.7 Å². The first-order chi connectivity index (χ1) is 12.7. The van der Waals surface area contributed by atoms with Crippen LogP contribution in [0.4, 0.5) is 11.5 Å². The van der Waals surface area contributed by atoms with E-state index in [1.54, 1.807) is 17.1 Å². The van der Waals surface area contributed by atoms with E-state index in [9.17, 15) is 4.79 Å². The van der Waals surface area contributed by atoms with Gasteiger partial charge in [-0.15, -0.1) is 0 Å². The smallest absolute Gasteiger partial charge is 0.241 e. The van der Waals surface area contributed by atoms with Gasteiger partial charge in [0.05, 0.1) is 17.4 Å². The van der Waals surface area contributed by atoms with Gasteiger partial charge in [0.1, 0.15) is 18.7 Å². The number of carbonyl (C=O) groups is 1. The topological polar surface area (TPSA) is 84.7 Å². The molecule has 3 aromatic rings. The van der Waals surface area contributed by atoms with Crippen molar-refractivity contribution in [3.63, 3.8) is 0 Å². The number of carbonyl (C=O) groups excluding carboxylic acids is 1. The van der Waals surface area contributed by atoms with Crippen molar-refractivity contribution in [2.24, 2.45) is 0 Å². The number of halogens is 1. The van der Waals surface area contributed by atoms with Crippen molar-refractivity contribution in [1.82, 2.24) is 25.1 Å². The molecule has 26 heavy (non-hydrogen) atoms. The molecule has 1 fully saturated rings. The molecular formula is C18H19BrN6O. The lowest BCUT2D eigenvalue weighted by Gasteiger charge is -2.11. The Bertz CT molecular complexity index is 934. The van der Waals surface area contributed by atoms with Gasteiger partial charge >= 0.3 is 0 Å². The molecule has 1 saturated carbocycles. The summed E-state index contributed by atoms with van der Waals surface area (Å²) in [5.74, 6) is 0.703. The summed E-state index contributed by atoms with van der Waals surface area (Å²) in [4.78, 5) is 20.7. The normalized spacial score (nSPS) is 14.7. The Hall–Kier alpha value is -2.48. The molecule has 134 valence electrons. The SMILES string of the molecule is O=C(Cn1cc(Nc2ncnc3ccc(Br)cc23)cn1)NC1CCCC1. The molecule has 0 radical (unpaired) electrons. The van der Waals surface area contributed by atoms with Crippen LogP contribution in [0.5, 0.6) is 0 Å². The summed E-state index contributed by atoms with van der Waals surface area (Å²) >= 11 is 3.47. The fourth-order valence-electron chi connectivity index (χ4n) is 3.27. The zero-order valence-corrected chi connectivity index (χ0v) is 15.7. The Morgan fingerprint density at radius 3 is 2.96 bits per heavy atom. The number of nitrogens with zero attached hydrogens (tertiary/aromatic N) is 4. The zero-order valence-electron chi connectivity index (χ0n) is 14.2. The van der Waals surface area contributed by atoms with E-state index in [-0.39, 0.29) is 12.5 Å². The van der Waals surface area contributed by atoms with Gasteiger partial charge in [0, 0.05) is 22.1 Å². The first-order valence-corrected chi connectivity index (χ1v) is 9.46. The van der Waals surface area contributed by atoms with Crippen molar-refractivity contribution in [3.05, 3.63) is 41.4 Å². The molecule has 4 rings (SSSR count). The predicted molar refractivity (Wildman–Crippen MR) is 103 cm³/mol. The molecule has 0 saturated heterocycles. The number of hydrogen-bond donors (Lipinski definition) is 2. The van der Waals surface area contributed by atoms with Crippen LogP contribution in [-0.2, 0) is 11.3 Å². The predicted octanol–water partition coefficient (Wildman–Crippen LogP) is 3.39. The highest BCUT2D eigenvalue weighted by molar-refractivity contribution is 9.10. The number of nitrogens with one attached hydrogen (secondary N) is 2. The molecule has 0 bridgehead atoms. The maximum Gasteiger partial charge on any atom is 0.241 e. The Morgan fingerprint density at radius 1 is 1.27 bits per heavy atom. The fraction of sp³-hybridized carbons (Fsp3) is 0.333. The van der Waals surface area contributed by atoms with Gasteiger partial charge in [0.15, 0.2) is 0 Å². The molecule has 7 nitrogen and oxygen atoms in total. The van der Waals surface area contributed by atoms with Crippen LogP contribution in [0.2, 0.25) is 0 Å². The molecule has 2 heterocycles. The molecular weight excluding hydrogens is 396 g/mol. The lowest BCUT2D eigenvalue weighted by atomic mass is 10.2. The zero-order chi connectivity index (χ0) is 17.9. The van der Waals surface area contributed by atoms with E-state index in [1.807, 2.05) is 18.2 Å². The van der Waals surface area contributed by atoms with E-state index < -0.39 is 0 Å². The largest absolute Gasteiger partial charge is 0.352 e. The van der Waals surface area contributed by atoms with Crippen LogP contribution in [0.25, 0.3) is 10.9 Å². The van der Waals surface area contributed by atoms with Gasteiger partial charge in [-0.05, 0) is 31.0 Å². The van der Waals surface area contributed by atoms with Gasteiger partial charge in [-0.3, -0.25) is 9.48 Å². The van der Waals surface area contributed by atoms with E-state index in [1.165, 1.54) is 19.2 Å². The van der Waals surface area contributed by atoms with E-state index >= 15 is 0 Å². The molecule has 8 heteroatoms. The van der Waals surface area contributed by atoms with Crippen molar-refractivity contribution in [3.8, 4) is 0 Å². The Labute approximate surface area is 159 Å². The third-order valence-corrected chi connectivity index (χ3v) is 5.01. The molecule has 1 aromatic carbocycles. The molecule has 1 aliphatic carbocycles. The number of amides is 1. The summed E-state index contributed by atoms with van der Waals surface area (Å²) in [6.07, 6.45) is 9.57. The average Bonchev–Trinajstić information content (AvgIpc) is 3.27. The van der Waals surface area contributed by atoms with Crippen LogP contribution < -0.4 is 10.6 Å². The summed E-state index contributed by atoms with van der Waals surface area (Å²) in [7, 11) is 0. The number of anilines is 2. The summed E-state index contributed by atoms with van der Waals surface area (Å²) < 4.78 is 2.59. The standard InChI is InChI=1S/C18H19BrN6O/c19-12-5-6-16-15(7-12)18(21-11-20-16)24-14-8-22-25(9-14)10-17(26)23-13-3-1-2-4-13/h5-9,11,13H,1-4,10H2,(H,23,26)(H,20,21,24). The third-order valence-electron chi connectivity index (χ3n) is 4.52. The van der Waals surface area contributed by atoms with Gasteiger partial charge in [0.2, 0.25) is 5.91 Å². The average molecular weight is 415 g/mol. The molecule has 1 amide bonds. The van der Waals surface area contributed by atoms with E-state index in [2.05, 4.69) is 41.6 Å². The van der Waals surface area contributed by atoms with Crippen molar-refractivity contribution in [1.29, 1.82) is 0 Å². The minimum Gasteiger partial charge on any atom is -0.352 e. The first kappa shape index (κ1) is 17.0. The summed E-state index contributed by atoms with van der Waals surface area (Å²) in [5, 5.41) is 11.5. The summed E-state index contributed by atoms with van der Waals surface area (Å²) in [6.45, 7) is 0.217. The molecule has 0 aliphatic heterocycles. The van der Waals surface area contributed by atoms with Gasteiger partial charge in [0.25, 0.3) is 0 Å². The quantitative estimate of drug-likeness (QED) is 0.668. The second kappa shape index (κ2) is 7.41.